The van der Waals surface area contributed by atoms with Gasteiger partial charge in [0.2, 0.25) is 0 Å². The first-order chi connectivity index (χ1) is 8.08. The predicted molar refractivity (Wildman–Crippen MR) is 70.8 cm³/mol. The third-order valence-electron chi connectivity index (χ3n) is 1.80. The second-order valence-corrected chi connectivity index (χ2v) is 5.46. The number of amides is 4. The molecule has 7 nitrogen and oxygen atoms in total. The highest BCUT2D eigenvalue weighted by Crippen LogP contribution is 2.04. The first-order valence-electron chi connectivity index (χ1n) is 5.73. The molecule has 4 amide bonds. The van der Waals surface area contributed by atoms with Crippen molar-refractivity contribution >= 4 is 18.8 Å². The molecule has 0 unspecified atom stereocenters. The zero-order valence-electron chi connectivity index (χ0n) is 11.7. The number of rotatable bonds is 3. The maximum absolute atomic E-state index is 11.9. The van der Waals surface area contributed by atoms with E-state index in [-0.39, 0.29) is 5.92 Å². The Labute approximate surface area is 108 Å². The Bertz CT molecular complexity index is 322. The third-order valence-corrected chi connectivity index (χ3v) is 1.80. The summed E-state index contributed by atoms with van der Waals surface area (Å²) in [6.45, 7) is 12.7. The smallest absolute Gasteiger partial charge is 0.331 e. The fourth-order valence-electron chi connectivity index (χ4n) is 1.18. The van der Waals surface area contributed by atoms with Gasteiger partial charge in [0.15, 0.2) is 0 Å². The molecule has 18 heavy (non-hydrogen) atoms. The van der Waals surface area contributed by atoms with E-state index in [0.29, 0.717) is 11.6 Å². The summed E-state index contributed by atoms with van der Waals surface area (Å²) in [6, 6.07) is -1.36. The van der Waals surface area contributed by atoms with Crippen LogP contribution in [0.25, 0.3) is 0 Å². The van der Waals surface area contributed by atoms with Gasteiger partial charge in [0.25, 0.3) is 0 Å². The highest BCUT2D eigenvalue weighted by Gasteiger charge is 2.27. The van der Waals surface area contributed by atoms with Crippen molar-refractivity contribution in [1.29, 1.82) is 0 Å². The summed E-state index contributed by atoms with van der Waals surface area (Å²) in [5.41, 5.74) is -0.474. The second kappa shape index (κ2) is 6.34. The quantitative estimate of drug-likeness (QED) is 0.346. The first kappa shape index (κ1) is 16.4. The number of nitrogens with zero attached hydrogens (tertiary/aromatic N) is 3. The topological polar surface area (TPSA) is 91.0 Å². The van der Waals surface area contributed by atoms with E-state index in [1.165, 1.54) is 0 Å². The molecule has 0 aromatic carbocycles. The predicted octanol–water partition coefficient (Wildman–Crippen LogP) is 1.36. The van der Waals surface area contributed by atoms with Crippen molar-refractivity contribution in [2.75, 3.05) is 6.54 Å². The van der Waals surface area contributed by atoms with Crippen molar-refractivity contribution in [2.24, 2.45) is 16.9 Å². The first-order valence-corrected chi connectivity index (χ1v) is 5.73. The molecule has 0 heterocycles. The lowest BCUT2D eigenvalue weighted by molar-refractivity contribution is 0.148. The minimum absolute atomic E-state index is 0.191. The Morgan fingerprint density at radius 1 is 1.39 bits per heavy atom. The zero-order valence-corrected chi connectivity index (χ0v) is 11.7. The molecular weight excluding hydrogens is 234 g/mol. The number of urea groups is 2. The van der Waals surface area contributed by atoms with Crippen LogP contribution in [0.2, 0.25) is 0 Å². The van der Waals surface area contributed by atoms with E-state index in [9.17, 15) is 9.59 Å². The number of nitrogens with one attached hydrogen (secondary N) is 1. The number of carbonyl (C=O) groups is 2. The number of hydrazine groups is 1. The Morgan fingerprint density at radius 3 is 2.22 bits per heavy atom. The number of hydrogen-bond acceptors (Lipinski definition) is 4. The van der Waals surface area contributed by atoms with E-state index in [2.05, 4.69) is 17.1 Å². The number of hydrogen-bond donors (Lipinski definition) is 2. The third kappa shape index (κ3) is 5.62. The van der Waals surface area contributed by atoms with Crippen LogP contribution in [0.4, 0.5) is 9.59 Å². The van der Waals surface area contributed by atoms with Crippen molar-refractivity contribution in [3.63, 3.8) is 0 Å². The Morgan fingerprint density at radius 2 is 1.89 bits per heavy atom. The van der Waals surface area contributed by atoms with Crippen LogP contribution in [0.3, 0.4) is 0 Å². The van der Waals surface area contributed by atoms with Crippen LogP contribution >= 0.6 is 0 Å². The van der Waals surface area contributed by atoms with Crippen molar-refractivity contribution in [3.05, 3.63) is 0 Å². The lowest BCUT2D eigenvalue weighted by Crippen LogP contribution is -2.54. The Kier molecular flexibility index (Phi) is 5.77. The van der Waals surface area contributed by atoms with Crippen LogP contribution in [-0.4, -0.2) is 40.9 Å². The van der Waals surface area contributed by atoms with E-state index in [0.717, 1.165) is 5.01 Å². The van der Waals surface area contributed by atoms with E-state index in [1.54, 1.807) is 20.8 Å². The summed E-state index contributed by atoms with van der Waals surface area (Å²) in [7, 11) is 0. The molecule has 0 radical (unpaired) electrons. The molecule has 0 atom stereocenters. The van der Waals surface area contributed by atoms with Gasteiger partial charge in [-0.1, -0.05) is 13.8 Å². The van der Waals surface area contributed by atoms with E-state index in [1.807, 2.05) is 13.8 Å². The highest BCUT2D eigenvalue weighted by molar-refractivity contribution is 5.93. The van der Waals surface area contributed by atoms with Crippen LogP contribution in [0.1, 0.15) is 34.6 Å². The molecule has 7 heteroatoms. The van der Waals surface area contributed by atoms with Gasteiger partial charge in [-0.3, -0.25) is 5.01 Å². The van der Waals surface area contributed by atoms with Crippen molar-refractivity contribution in [3.8, 4) is 0 Å². The molecule has 0 aliphatic heterocycles. The largest absolute Gasteiger partial charge is 0.363 e. The van der Waals surface area contributed by atoms with Gasteiger partial charge in [0.05, 0.1) is 0 Å². The van der Waals surface area contributed by atoms with Crippen LogP contribution in [0.15, 0.2) is 5.10 Å². The SMILES string of the molecule is C=NN(C(=O)NC(C)(C)C)C(=O)N(N)CC(C)C. The summed E-state index contributed by atoms with van der Waals surface area (Å²) in [6.07, 6.45) is 0. The van der Waals surface area contributed by atoms with Crippen LogP contribution in [0.5, 0.6) is 0 Å². The molecule has 0 aromatic rings. The van der Waals surface area contributed by atoms with Crippen molar-refractivity contribution in [2.45, 2.75) is 40.2 Å². The normalized spacial score (nSPS) is 11.1. The average Bonchev–Trinajstić information content (AvgIpc) is 2.14. The van der Waals surface area contributed by atoms with Crippen LogP contribution in [-0.2, 0) is 0 Å². The molecule has 0 fully saturated rings. The summed E-state index contributed by atoms with van der Waals surface area (Å²) in [4.78, 5) is 23.7. The monoisotopic (exact) mass is 257 g/mol. The fraction of sp³-hybridized carbons (Fsp3) is 0.727. The van der Waals surface area contributed by atoms with Gasteiger partial charge in [-0.05, 0) is 26.7 Å². The molecule has 104 valence electrons. The van der Waals surface area contributed by atoms with Gasteiger partial charge in [-0.25, -0.2) is 15.4 Å². The van der Waals surface area contributed by atoms with Gasteiger partial charge in [0.1, 0.15) is 0 Å². The van der Waals surface area contributed by atoms with Gasteiger partial charge < -0.3 is 5.32 Å². The number of hydrazone groups is 1. The summed E-state index contributed by atoms with van der Waals surface area (Å²) in [5, 5.41) is 7.57. The summed E-state index contributed by atoms with van der Waals surface area (Å²) < 4.78 is 0. The zero-order chi connectivity index (χ0) is 14.5. The van der Waals surface area contributed by atoms with E-state index < -0.39 is 17.6 Å². The molecule has 0 rings (SSSR count). The number of carbonyl (C=O) groups excluding carboxylic acids is 2. The lowest BCUT2D eigenvalue weighted by Gasteiger charge is -2.27. The molecule has 0 saturated carbocycles. The van der Waals surface area contributed by atoms with Crippen LogP contribution in [0, 0.1) is 5.92 Å². The van der Waals surface area contributed by atoms with Crippen LogP contribution < -0.4 is 11.2 Å². The highest BCUT2D eigenvalue weighted by atomic mass is 16.2. The molecule has 0 aliphatic rings. The standard InChI is InChI=1S/C11H23N5O2/c1-8(2)7-15(12)10(18)16(13-6)9(17)14-11(3,4)5/h8H,6-7,12H2,1-5H3,(H,14,17). The second-order valence-electron chi connectivity index (χ2n) is 5.46. The lowest BCUT2D eigenvalue weighted by atomic mass is 10.1. The van der Waals surface area contributed by atoms with Crippen molar-refractivity contribution < 1.29 is 9.59 Å². The van der Waals surface area contributed by atoms with Gasteiger partial charge in [-0.2, -0.15) is 5.10 Å². The van der Waals surface area contributed by atoms with E-state index >= 15 is 0 Å². The Hall–Kier alpha value is -1.63. The maximum atomic E-state index is 11.9. The maximum Gasteiger partial charge on any atom is 0.363 e. The van der Waals surface area contributed by atoms with Crippen molar-refractivity contribution in [1.82, 2.24) is 15.3 Å². The minimum atomic E-state index is -0.708. The molecule has 0 saturated heterocycles. The van der Waals surface area contributed by atoms with Gasteiger partial charge >= 0.3 is 12.1 Å². The minimum Gasteiger partial charge on any atom is -0.331 e. The average molecular weight is 257 g/mol. The fourth-order valence-corrected chi connectivity index (χ4v) is 1.18. The molecule has 3 N–H and O–H groups in total. The number of imide groups is 1. The van der Waals surface area contributed by atoms with Gasteiger partial charge in [0, 0.05) is 18.8 Å². The Balaban J connectivity index is 4.72. The van der Waals surface area contributed by atoms with Gasteiger partial charge in [-0.15, -0.1) is 5.01 Å². The molecule has 0 aliphatic carbocycles. The number of nitrogens with two attached hydrogens (primary N) is 1. The molecule has 0 spiro atoms. The molecular formula is C11H23N5O2. The summed E-state index contributed by atoms with van der Waals surface area (Å²) in [5.74, 6) is 5.76. The summed E-state index contributed by atoms with van der Waals surface area (Å²) >= 11 is 0. The molecule has 0 bridgehead atoms. The molecule has 0 aromatic heterocycles. The van der Waals surface area contributed by atoms with E-state index in [4.69, 9.17) is 5.84 Å².